The van der Waals surface area contributed by atoms with E-state index in [4.69, 9.17) is 16.5 Å². The maximum absolute atomic E-state index is 14.6. The number of aliphatic hydroxyl groups excluding tert-OH is 1. The van der Waals surface area contributed by atoms with Crippen LogP contribution < -0.4 is 41.7 Å². The van der Waals surface area contributed by atoms with E-state index in [1.165, 1.54) is 18.2 Å². The number of fused-ring (bicyclic) bond motifs is 4. The van der Waals surface area contributed by atoms with Crippen LogP contribution in [0.1, 0.15) is 75.1 Å². The summed E-state index contributed by atoms with van der Waals surface area (Å²) in [6, 6.07) is 30.9. The van der Waals surface area contributed by atoms with Crippen LogP contribution in [0.5, 0.6) is 0 Å². The molecule has 0 spiro atoms. The molecule has 0 saturated carbocycles. The number of nitrogens with two attached hydrogens (primary N) is 2. The Kier molecular flexibility index (Phi) is 22.4. The fourth-order valence-electron chi connectivity index (χ4n) is 14.4. The molecule has 0 amide bonds. The summed E-state index contributed by atoms with van der Waals surface area (Å²) in [4.78, 5) is 44.1. The molecule has 25 nitrogen and oxygen atoms in total. The third kappa shape index (κ3) is 16.9. The van der Waals surface area contributed by atoms with Crippen molar-refractivity contribution in [3.8, 4) is 45.6 Å². The molecule has 16 heterocycles. The van der Waals surface area contributed by atoms with Gasteiger partial charge in [0.05, 0.1) is 35.1 Å². The van der Waals surface area contributed by atoms with Gasteiger partial charge in [0.15, 0.2) is 40.0 Å². The molecule has 12 aromatic rings. The number of anilines is 4. The standard InChI is InChI=1S/2C20H25FN6.C19H22F2N6.C16H18N6O.H2/c2*1-12(2)10-13-11-27(9-7-16(13)22)17-6-5-15(21)19(24-17)18-14-4-3-8-23-20(14)26-25-18;1-19(2,21)10-12-11-27(9-8-22-12)15-6-5-14(20)17(24-15)16-13-4-3-7-23-18(13)26-25-16;23-10-11-9-22(8-7-17-11)14-5-1-4-13(19-14)15-12-3-2-6-18-16(12)21-20-15;/h2*3-6,8,12-13,16H,7,9-11,22H2,1-2H3,(H,23,25,26);3-7,12,22H,8-11H2,1-2H3,(H,23,25,26);1-6,11,17,23H,7-10H2,(H,18,20,21);1H/t2*13-,16+;;;/m10.../s1. The number of rotatable bonds is 15. The lowest BCUT2D eigenvalue weighted by Gasteiger charge is -2.38. The molecule has 2 unspecified atom stereocenters. The minimum atomic E-state index is -1.25. The average Bonchev–Trinajstić information content (AvgIpc) is 1.72. The lowest BCUT2D eigenvalue weighted by atomic mass is 9.86. The lowest BCUT2D eigenvalue weighted by Crippen LogP contribution is -2.52. The molecular formula is C75H92F4N24O. The van der Waals surface area contributed by atoms with Gasteiger partial charge in [0.25, 0.3) is 0 Å². The minimum absolute atomic E-state index is 0. The van der Waals surface area contributed by atoms with E-state index in [0.717, 1.165) is 135 Å². The van der Waals surface area contributed by atoms with Gasteiger partial charge in [-0.3, -0.25) is 20.4 Å². The molecule has 0 radical (unpaired) electrons. The Hall–Kier alpha value is -10.2. The smallest absolute Gasteiger partial charge is 0.181 e. The second-order valence-electron chi connectivity index (χ2n) is 28.6. The van der Waals surface area contributed by atoms with Crippen LogP contribution in [-0.2, 0) is 0 Å². The third-order valence-electron chi connectivity index (χ3n) is 19.4. The molecular weight excluding hydrogens is 1330 g/mol. The Balaban J connectivity index is 0.000000131. The van der Waals surface area contributed by atoms with Crippen LogP contribution in [0, 0.1) is 41.1 Å². The van der Waals surface area contributed by atoms with Crippen LogP contribution >= 0.6 is 0 Å². The summed E-state index contributed by atoms with van der Waals surface area (Å²) in [7, 11) is 0. The second kappa shape index (κ2) is 32.2. The van der Waals surface area contributed by atoms with E-state index in [1.54, 1.807) is 62.9 Å². The Morgan fingerprint density at radius 1 is 0.471 bits per heavy atom. The number of hydrogen-bond acceptors (Lipinski definition) is 21. The maximum Gasteiger partial charge on any atom is 0.181 e. The number of aliphatic hydroxyl groups is 1. The highest BCUT2D eigenvalue weighted by Gasteiger charge is 2.32. The molecule has 12 aromatic heterocycles. The number of aromatic nitrogens is 16. The van der Waals surface area contributed by atoms with Gasteiger partial charge in [-0.1, -0.05) is 33.8 Å². The van der Waals surface area contributed by atoms with E-state index >= 15 is 0 Å². The van der Waals surface area contributed by atoms with Crippen molar-refractivity contribution >= 4 is 67.4 Å². The Bertz CT molecular complexity index is 4700. The number of halogens is 4. The summed E-state index contributed by atoms with van der Waals surface area (Å²) >= 11 is 0. The van der Waals surface area contributed by atoms with Crippen molar-refractivity contribution in [3.05, 3.63) is 145 Å². The highest BCUT2D eigenvalue weighted by Crippen LogP contribution is 2.35. The van der Waals surface area contributed by atoms with Crippen molar-refractivity contribution in [3.63, 3.8) is 0 Å². The summed E-state index contributed by atoms with van der Waals surface area (Å²) in [5.41, 5.74) is 17.9. The number of aromatic amines is 4. The van der Waals surface area contributed by atoms with Gasteiger partial charge in [0.1, 0.15) is 46.0 Å². The lowest BCUT2D eigenvalue weighted by molar-refractivity contribution is 0.175. The van der Waals surface area contributed by atoms with Crippen molar-refractivity contribution < 1.29 is 24.1 Å². The van der Waals surface area contributed by atoms with Crippen LogP contribution in [0.3, 0.4) is 0 Å². The second-order valence-corrected chi connectivity index (χ2v) is 28.6. The average molecular weight is 1420 g/mol. The van der Waals surface area contributed by atoms with Gasteiger partial charge in [0, 0.05) is 137 Å². The number of piperidine rings is 2. The number of pyridine rings is 8. The first-order chi connectivity index (χ1) is 50.3. The molecule has 104 heavy (non-hydrogen) atoms. The number of H-pyrrole nitrogens is 4. The summed E-state index contributed by atoms with van der Waals surface area (Å²) in [5, 5.41) is 47.5. The molecule has 4 saturated heterocycles. The van der Waals surface area contributed by atoms with Gasteiger partial charge in [-0.25, -0.2) is 57.4 Å². The Labute approximate surface area is 601 Å². The van der Waals surface area contributed by atoms with Crippen molar-refractivity contribution in [2.24, 2.45) is 35.1 Å². The van der Waals surface area contributed by atoms with Crippen molar-refractivity contribution in [1.29, 1.82) is 0 Å². The summed E-state index contributed by atoms with van der Waals surface area (Å²) in [5.74, 6) is 4.00. The summed E-state index contributed by atoms with van der Waals surface area (Å²) < 4.78 is 57.7. The van der Waals surface area contributed by atoms with E-state index in [9.17, 15) is 22.7 Å². The van der Waals surface area contributed by atoms with Crippen LogP contribution in [0.25, 0.3) is 89.7 Å². The highest BCUT2D eigenvalue weighted by molar-refractivity contribution is 5.92. The predicted octanol–water partition coefficient (Wildman–Crippen LogP) is 10.8. The maximum atomic E-state index is 14.6. The molecule has 0 bridgehead atoms. The first kappa shape index (κ1) is 72.2. The number of alkyl halides is 1. The molecule has 4 aliphatic rings. The summed E-state index contributed by atoms with van der Waals surface area (Å²) in [6.07, 6.45) is 11.1. The molecule has 4 aliphatic heterocycles. The van der Waals surface area contributed by atoms with Crippen LogP contribution in [0.2, 0.25) is 0 Å². The largest absolute Gasteiger partial charge is 0.395 e. The quantitative estimate of drug-likeness (QED) is 0.0431. The van der Waals surface area contributed by atoms with E-state index in [-0.39, 0.29) is 60.9 Å². The fourth-order valence-corrected chi connectivity index (χ4v) is 14.4. The van der Waals surface area contributed by atoms with Crippen LogP contribution in [0.15, 0.2) is 128 Å². The molecule has 11 N–H and O–H groups in total. The van der Waals surface area contributed by atoms with Gasteiger partial charge in [-0.15, -0.1) is 0 Å². The van der Waals surface area contributed by atoms with E-state index < -0.39 is 11.5 Å². The Morgan fingerprint density at radius 3 is 1.23 bits per heavy atom. The number of hydrogen-bond donors (Lipinski definition) is 9. The van der Waals surface area contributed by atoms with Crippen LogP contribution in [-0.4, -0.2) is 188 Å². The predicted molar refractivity (Wildman–Crippen MR) is 401 cm³/mol. The zero-order chi connectivity index (χ0) is 72.6. The molecule has 0 aliphatic carbocycles. The third-order valence-corrected chi connectivity index (χ3v) is 19.4. The fraction of sp³-hybridized carbons (Fsp3) is 0.413. The van der Waals surface area contributed by atoms with Crippen molar-refractivity contribution in [1.82, 2.24) is 91.3 Å². The SMILES string of the molecule is CC(C)(F)CC1CN(c2ccc(F)c(-c3[nH]nc4ncccc34)n2)CCN1.CC(C)C[C@@H]1CN(c2ccc(F)c(-c3[nH]nc4ncccc34)n2)CC[C@@H]1N.CC(C)C[C@H]1CN(c2ccc(F)c(-c3[nH]nc4ncccc34)n2)CC[C@H]1N.OCC1CN(c2cccc(-c3[nH]nc4ncccc34)n2)CCN1.[HH]. The summed E-state index contributed by atoms with van der Waals surface area (Å²) in [6.45, 7) is 20.1. The molecule has 546 valence electrons. The number of nitrogens with one attached hydrogen (secondary N) is 6. The Morgan fingerprint density at radius 2 is 0.837 bits per heavy atom. The van der Waals surface area contributed by atoms with Crippen molar-refractivity contribution in [2.45, 2.75) is 103 Å². The molecule has 29 heteroatoms. The zero-order valence-electron chi connectivity index (χ0n) is 59.3. The van der Waals surface area contributed by atoms with E-state index in [0.29, 0.717) is 82.1 Å². The normalized spacial score (nSPS) is 19.5. The number of piperazine rings is 2. The number of nitrogens with zero attached hydrogens (tertiary/aromatic N) is 16. The zero-order valence-corrected chi connectivity index (χ0v) is 59.3. The van der Waals surface area contributed by atoms with Gasteiger partial charge >= 0.3 is 0 Å². The first-order valence-electron chi connectivity index (χ1n) is 35.7. The van der Waals surface area contributed by atoms with Gasteiger partial charge < -0.3 is 46.8 Å². The van der Waals surface area contributed by atoms with E-state index in [2.05, 4.69) is 134 Å². The van der Waals surface area contributed by atoms with Gasteiger partial charge in [-0.05, 0) is 167 Å². The van der Waals surface area contributed by atoms with E-state index in [1.807, 2.05) is 60.7 Å². The monoisotopic (exact) mass is 1420 g/mol. The van der Waals surface area contributed by atoms with Gasteiger partial charge in [-0.2, -0.15) is 20.4 Å². The molecule has 0 aromatic carbocycles. The molecule has 6 atom stereocenters. The first-order valence-corrected chi connectivity index (χ1v) is 35.7. The molecule has 16 rings (SSSR count). The van der Waals surface area contributed by atoms with Crippen LogP contribution in [0.4, 0.5) is 40.8 Å². The highest BCUT2D eigenvalue weighted by atomic mass is 19.1. The van der Waals surface area contributed by atoms with Crippen molar-refractivity contribution in [2.75, 3.05) is 91.7 Å². The minimum Gasteiger partial charge on any atom is -0.395 e. The molecule has 4 fully saturated rings. The topological polar surface area (TPSA) is 327 Å². The van der Waals surface area contributed by atoms with Gasteiger partial charge in [0.2, 0.25) is 0 Å².